The zero-order valence-corrected chi connectivity index (χ0v) is 7.72. The van der Waals surface area contributed by atoms with E-state index in [4.69, 9.17) is 0 Å². The van der Waals surface area contributed by atoms with E-state index < -0.39 is 0 Å². The largest absolute Gasteiger partial charge is 0.285 e. The number of benzene rings is 1. The number of hydrogen-bond donors (Lipinski definition) is 3. The van der Waals surface area contributed by atoms with Crippen LogP contribution in [0.5, 0.6) is 0 Å². The molecule has 1 aromatic carbocycles. The van der Waals surface area contributed by atoms with Gasteiger partial charge in [-0.05, 0) is 6.07 Å². The quantitative estimate of drug-likeness (QED) is 0.662. The molecule has 0 radical (unpaired) electrons. The molecule has 0 unspecified atom stereocenters. The van der Waals surface area contributed by atoms with Gasteiger partial charge < -0.3 is 0 Å². The summed E-state index contributed by atoms with van der Waals surface area (Å²) >= 11 is 3.43. The highest BCUT2D eigenvalue weighted by Crippen LogP contribution is 2.15. The standard InChI is InChI=1S/C7H7BrN4/c8-6-4-2-1-3-5(6)7-9-11-12-10-7/h1-4,11-12H,(H,9,10). The van der Waals surface area contributed by atoms with Crippen LogP contribution in [-0.4, -0.2) is 5.84 Å². The maximum absolute atomic E-state index is 3.98. The van der Waals surface area contributed by atoms with Crippen molar-refractivity contribution in [2.24, 2.45) is 5.10 Å². The molecule has 0 aliphatic carbocycles. The van der Waals surface area contributed by atoms with Crippen molar-refractivity contribution in [3.63, 3.8) is 0 Å². The highest BCUT2D eigenvalue weighted by molar-refractivity contribution is 9.10. The van der Waals surface area contributed by atoms with Crippen LogP contribution in [0.4, 0.5) is 0 Å². The Kier molecular flexibility index (Phi) is 1.97. The molecule has 0 bridgehead atoms. The molecule has 1 heterocycles. The van der Waals surface area contributed by atoms with E-state index in [1.54, 1.807) is 0 Å². The van der Waals surface area contributed by atoms with E-state index in [9.17, 15) is 0 Å². The van der Waals surface area contributed by atoms with E-state index in [0.29, 0.717) is 0 Å². The molecule has 0 aromatic heterocycles. The zero-order chi connectivity index (χ0) is 8.39. The van der Waals surface area contributed by atoms with Crippen LogP contribution >= 0.6 is 15.9 Å². The molecule has 1 aromatic rings. The minimum Gasteiger partial charge on any atom is -0.285 e. The highest BCUT2D eigenvalue weighted by Gasteiger charge is 2.09. The minimum atomic E-state index is 0.780. The predicted molar refractivity (Wildman–Crippen MR) is 50.1 cm³/mol. The van der Waals surface area contributed by atoms with Gasteiger partial charge >= 0.3 is 0 Å². The van der Waals surface area contributed by atoms with Crippen molar-refractivity contribution in [3.05, 3.63) is 34.3 Å². The number of rotatable bonds is 1. The second-order valence-electron chi connectivity index (χ2n) is 2.30. The monoisotopic (exact) mass is 226 g/mol. The second-order valence-corrected chi connectivity index (χ2v) is 3.16. The number of nitrogens with zero attached hydrogens (tertiary/aromatic N) is 1. The molecule has 3 N–H and O–H groups in total. The third kappa shape index (κ3) is 1.28. The summed E-state index contributed by atoms with van der Waals surface area (Å²) in [5, 5.41) is 3.98. The Bertz CT molecular complexity index is 323. The molecule has 0 spiro atoms. The Labute approximate surface area is 78.1 Å². The molecule has 0 saturated heterocycles. The topological polar surface area (TPSA) is 48.5 Å². The van der Waals surface area contributed by atoms with Crippen molar-refractivity contribution in [2.75, 3.05) is 0 Å². The summed E-state index contributed by atoms with van der Waals surface area (Å²) in [6.07, 6.45) is 0. The predicted octanol–water partition coefficient (Wildman–Crippen LogP) is 0.723. The van der Waals surface area contributed by atoms with Crippen molar-refractivity contribution in [2.45, 2.75) is 0 Å². The Morgan fingerprint density at radius 2 is 2.08 bits per heavy atom. The SMILES string of the molecule is Brc1ccccc1C1=NNNN1. The maximum atomic E-state index is 3.98. The van der Waals surface area contributed by atoms with Gasteiger partial charge in [-0.1, -0.05) is 34.1 Å². The van der Waals surface area contributed by atoms with Crippen LogP contribution in [0.2, 0.25) is 0 Å². The van der Waals surface area contributed by atoms with Crippen LogP contribution in [0.25, 0.3) is 0 Å². The van der Waals surface area contributed by atoms with Gasteiger partial charge in [-0.2, -0.15) is 0 Å². The summed E-state index contributed by atoms with van der Waals surface area (Å²) in [5.41, 5.74) is 9.17. The molecular weight excluding hydrogens is 220 g/mol. The molecule has 2 rings (SSSR count). The summed E-state index contributed by atoms with van der Waals surface area (Å²) < 4.78 is 1.02. The van der Waals surface area contributed by atoms with Crippen molar-refractivity contribution in [3.8, 4) is 0 Å². The Morgan fingerprint density at radius 3 is 2.75 bits per heavy atom. The molecule has 12 heavy (non-hydrogen) atoms. The van der Waals surface area contributed by atoms with E-state index in [0.717, 1.165) is 15.9 Å². The fourth-order valence-electron chi connectivity index (χ4n) is 0.980. The summed E-state index contributed by atoms with van der Waals surface area (Å²) in [4.78, 5) is 0. The Hall–Kier alpha value is -1.07. The number of hydrazone groups is 1. The van der Waals surface area contributed by atoms with Crippen LogP contribution in [0, 0.1) is 0 Å². The molecule has 5 heteroatoms. The summed E-state index contributed by atoms with van der Waals surface area (Å²) in [7, 11) is 0. The van der Waals surface area contributed by atoms with E-state index >= 15 is 0 Å². The van der Waals surface area contributed by atoms with Crippen LogP contribution < -0.4 is 16.5 Å². The second kappa shape index (κ2) is 3.12. The van der Waals surface area contributed by atoms with Gasteiger partial charge in [0.1, 0.15) is 0 Å². The molecular formula is C7H7BrN4. The van der Waals surface area contributed by atoms with Crippen molar-refractivity contribution < 1.29 is 0 Å². The van der Waals surface area contributed by atoms with Gasteiger partial charge in [0.2, 0.25) is 0 Å². The van der Waals surface area contributed by atoms with Gasteiger partial charge in [-0.25, -0.2) is 5.53 Å². The number of halogens is 1. The summed E-state index contributed by atoms with van der Waals surface area (Å²) in [6.45, 7) is 0. The lowest BCUT2D eigenvalue weighted by atomic mass is 10.2. The first-order valence-electron chi connectivity index (χ1n) is 3.46. The zero-order valence-electron chi connectivity index (χ0n) is 6.13. The molecule has 62 valence electrons. The third-order valence-electron chi connectivity index (χ3n) is 1.53. The van der Waals surface area contributed by atoms with Gasteiger partial charge in [-0.3, -0.25) is 5.43 Å². The minimum absolute atomic E-state index is 0.780. The number of nitrogens with one attached hydrogen (secondary N) is 3. The van der Waals surface area contributed by atoms with Crippen molar-refractivity contribution >= 4 is 21.8 Å². The smallest absolute Gasteiger partial charge is 0.171 e. The maximum Gasteiger partial charge on any atom is 0.171 e. The van der Waals surface area contributed by atoms with Gasteiger partial charge in [0, 0.05) is 10.0 Å². The molecule has 1 aliphatic rings. The van der Waals surface area contributed by atoms with E-state index in [1.807, 2.05) is 24.3 Å². The van der Waals surface area contributed by atoms with E-state index in [-0.39, 0.29) is 0 Å². The summed E-state index contributed by atoms with van der Waals surface area (Å²) in [5.74, 6) is 0.780. The third-order valence-corrected chi connectivity index (χ3v) is 2.22. The first-order valence-corrected chi connectivity index (χ1v) is 4.26. The highest BCUT2D eigenvalue weighted by atomic mass is 79.9. The lowest BCUT2D eigenvalue weighted by Crippen LogP contribution is -2.35. The Balaban J connectivity index is 2.39. The number of hydrogen-bond acceptors (Lipinski definition) is 4. The van der Waals surface area contributed by atoms with Gasteiger partial charge in [-0.15, -0.1) is 10.6 Å². The molecule has 4 nitrogen and oxygen atoms in total. The van der Waals surface area contributed by atoms with Crippen molar-refractivity contribution in [1.29, 1.82) is 0 Å². The van der Waals surface area contributed by atoms with Gasteiger partial charge in [0.15, 0.2) is 5.84 Å². The van der Waals surface area contributed by atoms with Gasteiger partial charge in [0.05, 0.1) is 0 Å². The van der Waals surface area contributed by atoms with Crippen LogP contribution in [-0.2, 0) is 0 Å². The lowest BCUT2D eigenvalue weighted by molar-refractivity contribution is 0.577. The van der Waals surface area contributed by atoms with Crippen molar-refractivity contribution in [1.82, 2.24) is 16.5 Å². The normalized spacial score (nSPS) is 14.9. The van der Waals surface area contributed by atoms with E-state index in [1.165, 1.54) is 0 Å². The molecule has 0 atom stereocenters. The van der Waals surface area contributed by atoms with Crippen LogP contribution in [0.15, 0.2) is 33.8 Å². The average molecular weight is 227 g/mol. The fraction of sp³-hybridized carbons (Fsp3) is 0. The molecule has 0 saturated carbocycles. The first-order chi connectivity index (χ1) is 5.88. The Morgan fingerprint density at radius 1 is 1.25 bits per heavy atom. The molecule has 1 aliphatic heterocycles. The average Bonchev–Trinajstić information content (AvgIpc) is 2.57. The first kappa shape index (κ1) is 7.57. The molecule has 0 amide bonds. The van der Waals surface area contributed by atoms with Crippen LogP contribution in [0.1, 0.15) is 5.56 Å². The summed E-state index contributed by atoms with van der Waals surface area (Å²) in [6, 6.07) is 7.87. The van der Waals surface area contributed by atoms with E-state index in [2.05, 4.69) is 37.5 Å². The van der Waals surface area contributed by atoms with Gasteiger partial charge in [0.25, 0.3) is 0 Å². The molecule has 0 fully saturated rings. The number of amidine groups is 1. The number of hydrazine groups is 2. The van der Waals surface area contributed by atoms with Crippen LogP contribution in [0.3, 0.4) is 0 Å². The lowest BCUT2D eigenvalue weighted by Gasteiger charge is -2.01. The fourth-order valence-corrected chi connectivity index (χ4v) is 1.45.